The standard InChI is InChI=1S/C7H7ClO2S/c1-4-3-5(8)6(11-4)7(9)10-2/h3H,1-2H3. The van der Waals surface area contributed by atoms with Crippen LogP contribution in [0.2, 0.25) is 5.02 Å². The quantitative estimate of drug-likeness (QED) is 0.636. The molecule has 1 rings (SSSR count). The first-order chi connectivity index (χ1) is 5.15. The molecule has 1 heterocycles. The normalized spacial score (nSPS) is 9.73. The third kappa shape index (κ3) is 1.73. The van der Waals surface area contributed by atoms with Gasteiger partial charge in [0.05, 0.1) is 12.1 Å². The molecule has 1 aromatic rings. The summed E-state index contributed by atoms with van der Waals surface area (Å²) < 4.78 is 4.52. The van der Waals surface area contributed by atoms with E-state index in [4.69, 9.17) is 11.6 Å². The maximum atomic E-state index is 11.0. The largest absolute Gasteiger partial charge is 0.465 e. The molecule has 0 atom stereocenters. The SMILES string of the molecule is COC(=O)c1sc(C)cc1Cl. The van der Waals surface area contributed by atoms with Crippen molar-refractivity contribution in [2.45, 2.75) is 6.92 Å². The van der Waals surface area contributed by atoms with Crippen molar-refractivity contribution in [3.8, 4) is 0 Å². The third-order valence-corrected chi connectivity index (χ3v) is 2.62. The van der Waals surface area contributed by atoms with E-state index in [1.54, 1.807) is 6.07 Å². The lowest BCUT2D eigenvalue weighted by molar-refractivity contribution is 0.0606. The van der Waals surface area contributed by atoms with E-state index >= 15 is 0 Å². The van der Waals surface area contributed by atoms with Crippen LogP contribution in [0, 0.1) is 6.92 Å². The number of hydrogen-bond donors (Lipinski definition) is 0. The van der Waals surface area contributed by atoms with E-state index in [2.05, 4.69) is 4.74 Å². The first-order valence-electron chi connectivity index (χ1n) is 2.99. The molecule has 0 aliphatic heterocycles. The van der Waals surface area contributed by atoms with Crippen LogP contribution >= 0.6 is 22.9 Å². The van der Waals surface area contributed by atoms with Crippen molar-refractivity contribution in [1.29, 1.82) is 0 Å². The Hall–Kier alpha value is -0.540. The van der Waals surface area contributed by atoms with Crippen molar-refractivity contribution in [2.24, 2.45) is 0 Å². The van der Waals surface area contributed by atoms with Crippen LogP contribution in [0.1, 0.15) is 14.5 Å². The highest BCUT2D eigenvalue weighted by atomic mass is 35.5. The third-order valence-electron chi connectivity index (χ3n) is 1.18. The summed E-state index contributed by atoms with van der Waals surface area (Å²) in [6, 6.07) is 1.75. The number of halogens is 1. The minimum atomic E-state index is -0.367. The zero-order valence-corrected chi connectivity index (χ0v) is 7.75. The summed E-state index contributed by atoms with van der Waals surface area (Å²) in [5.41, 5.74) is 0. The Kier molecular flexibility index (Phi) is 2.52. The van der Waals surface area contributed by atoms with Crippen molar-refractivity contribution in [3.05, 3.63) is 20.8 Å². The molecule has 0 radical (unpaired) electrons. The lowest BCUT2D eigenvalue weighted by Crippen LogP contribution is -1.97. The van der Waals surface area contributed by atoms with Crippen LogP contribution in [0.3, 0.4) is 0 Å². The van der Waals surface area contributed by atoms with Gasteiger partial charge in [0.1, 0.15) is 4.88 Å². The van der Waals surface area contributed by atoms with Crippen molar-refractivity contribution in [1.82, 2.24) is 0 Å². The molecule has 4 heteroatoms. The molecule has 0 aliphatic carbocycles. The highest BCUT2D eigenvalue weighted by Crippen LogP contribution is 2.26. The Bertz CT molecular complexity index is 280. The molecule has 0 saturated heterocycles. The molecule has 0 N–H and O–H groups in total. The molecule has 0 aromatic carbocycles. The van der Waals surface area contributed by atoms with Gasteiger partial charge in [-0.1, -0.05) is 11.6 Å². The number of carbonyl (C=O) groups excluding carboxylic acids is 1. The zero-order valence-electron chi connectivity index (χ0n) is 6.18. The van der Waals surface area contributed by atoms with Crippen LogP contribution < -0.4 is 0 Å². The van der Waals surface area contributed by atoms with Gasteiger partial charge < -0.3 is 4.74 Å². The first-order valence-corrected chi connectivity index (χ1v) is 4.19. The van der Waals surface area contributed by atoms with Gasteiger partial charge in [-0.3, -0.25) is 0 Å². The fourth-order valence-corrected chi connectivity index (χ4v) is 1.96. The molecule has 11 heavy (non-hydrogen) atoms. The average Bonchev–Trinajstić information content (AvgIpc) is 2.28. The predicted octanol–water partition coefficient (Wildman–Crippen LogP) is 2.50. The van der Waals surface area contributed by atoms with Gasteiger partial charge in [0.15, 0.2) is 0 Å². The van der Waals surface area contributed by atoms with E-state index in [9.17, 15) is 4.79 Å². The van der Waals surface area contributed by atoms with Crippen LogP contribution in [0.4, 0.5) is 0 Å². The lowest BCUT2D eigenvalue weighted by Gasteiger charge is -1.93. The number of rotatable bonds is 1. The molecule has 60 valence electrons. The van der Waals surface area contributed by atoms with E-state index in [0.717, 1.165) is 4.88 Å². The minimum Gasteiger partial charge on any atom is -0.465 e. The fraction of sp³-hybridized carbons (Fsp3) is 0.286. The first kappa shape index (κ1) is 8.56. The summed E-state index contributed by atoms with van der Waals surface area (Å²) in [5.74, 6) is -0.367. The molecular formula is C7H7ClO2S. The number of thiophene rings is 1. The van der Waals surface area contributed by atoms with Gasteiger partial charge in [-0.05, 0) is 13.0 Å². The van der Waals surface area contributed by atoms with E-state index in [-0.39, 0.29) is 5.97 Å². The molecule has 0 bridgehead atoms. The van der Waals surface area contributed by atoms with Gasteiger partial charge in [-0.25, -0.2) is 4.79 Å². The second-order valence-electron chi connectivity index (χ2n) is 2.03. The number of hydrogen-bond acceptors (Lipinski definition) is 3. The summed E-state index contributed by atoms with van der Waals surface area (Å²) in [6.45, 7) is 1.89. The predicted molar refractivity (Wildman–Crippen MR) is 45.4 cm³/mol. The van der Waals surface area contributed by atoms with Crippen molar-refractivity contribution in [3.63, 3.8) is 0 Å². The molecule has 0 aliphatic rings. The molecule has 0 fully saturated rings. The Morgan fingerprint density at radius 3 is 2.73 bits per heavy atom. The summed E-state index contributed by atoms with van der Waals surface area (Å²) in [4.78, 5) is 12.4. The molecular weight excluding hydrogens is 184 g/mol. The van der Waals surface area contributed by atoms with Gasteiger partial charge in [0, 0.05) is 4.88 Å². The highest BCUT2D eigenvalue weighted by molar-refractivity contribution is 7.14. The molecule has 1 aromatic heterocycles. The summed E-state index contributed by atoms with van der Waals surface area (Å²) in [6.07, 6.45) is 0. The number of aryl methyl sites for hydroxylation is 1. The van der Waals surface area contributed by atoms with Crippen LogP contribution in [0.25, 0.3) is 0 Å². The molecule has 0 spiro atoms. The second-order valence-corrected chi connectivity index (χ2v) is 3.69. The Morgan fingerprint density at radius 1 is 1.73 bits per heavy atom. The van der Waals surface area contributed by atoms with Crippen molar-refractivity contribution < 1.29 is 9.53 Å². The number of methoxy groups -OCH3 is 1. The van der Waals surface area contributed by atoms with Gasteiger partial charge >= 0.3 is 5.97 Å². The van der Waals surface area contributed by atoms with E-state index in [1.807, 2.05) is 6.92 Å². The minimum absolute atomic E-state index is 0.367. The highest BCUT2D eigenvalue weighted by Gasteiger charge is 2.13. The monoisotopic (exact) mass is 190 g/mol. The molecule has 0 saturated carbocycles. The number of carbonyl (C=O) groups is 1. The summed E-state index contributed by atoms with van der Waals surface area (Å²) >= 11 is 7.07. The van der Waals surface area contributed by atoms with Gasteiger partial charge in [-0.2, -0.15) is 0 Å². The van der Waals surface area contributed by atoms with Crippen LogP contribution in [0.5, 0.6) is 0 Å². The Morgan fingerprint density at radius 2 is 2.36 bits per heavy atom. The maximum absolute atomic E-state index is 11.0. The van der Waals surface area contributed by atoms with E-state index in [1.165, 1.54) is 18.4 Å². The number of ether oxygens (including phenoxy) is 1. The van der Waals surface area contributed by atoms with Gasteiger partial charge in [-0.15, -0.1) is 11.3 Å². The smallest absolute Gasteiger partial charge is 0.349 e. The average molecular weight is 191 g/mol. The topological polar surface area (TPSA) is 26.3 Å². The van der Waals surface area contributed by atoms with E-state index < -0.39 is 0 Å². The zero-order chi connectivity index (χ0) is 8.43. The fourth-order valence-electron chi connectivity index (χ4n) is 0.715. The lowest BCUT2D eigenvalue weighted by atomic mass is 10.4. The van der Waals surface area contributed by atoms with Crippen molar-refractivity contribution >= 4 is 28.9 Å². The molecule has 0 unspecified atom stereocenters. The number of esters is 1. The summed E-state index contributed by atoms with van der Waals surface area (Å²) in [5, 5.41) is 0.472. The van der Waals surface area contributed by atoms with Crippen molar-refractivity contribution in [2.75, 3.05) is 7.11 Å². The Balaban J connectivity index is 3.03. The summed E-state index contributed by atoms with van der Waals surface area (Å²) in [7, 11) is 1.34. The second kappa shape index (κ2) is 3.24. The molecule has 0 amide bonds. The molecule has 2 nitrogen and oxygen atoms in total. The maximum Gasteiger partial charge on any atom is 0.349 e. The van der Waals surface area contributed by atoms with Crippen LogP contribution in [-0.2, 0) is 4.74 Å². The van der Waals surface area contributed by atoms with Crippen LogP contribution in [0.15, 0.2) is 6.07 Å². The van der Waals surface area contributed by atoms with Gasteiger partial charge in [0.2, 0.25) is 0 Å². The van der Waals surface area contributed by atoms with E-state index in [0.29, 0.717) is 9.90 Å². The van der Waals surface area contributed by atoms with Gasteiger partial charge in [0.25, 0.3) is 0 Å². The Labute approximate surface area is 73.7 Å². The van der Waals surface area contributed by atoms with Crippen LogP contribution in [-0.4, -0.2) is 13.1 Å².